The molecule has 2 heterocycles. The zero-order valence-electron chi connectivity index (χ0n) is 11.5. The van der Waals surface area contributed by atoms with Gasteiger partial charge in [-0.2, -0.15) is 0 Å². The summed E-state index contributed by atoms with van der Waals surface area (Å²) < 4.78 is 5.63. The summed E-state index contributed by atoms with van der Waals surface area (Å²) in [6, 6.07) is 3.89. The third-order valence-corrected chi connectivity index (χ3v) is 2.80. The summed E-state index contributed by atoms with van der Waals surface area (Å²) in [4.78, 5) is 4.22. The number of nitrogens with zero attached hydrogens (tertiary/aromatic N) is 3. The van der Waals surface area contributed by atoms with Crippen LogP contribution in [0.4, 0.5) is 0 Å². The minimum Gasteiger partial charge on any atom is -0.421 e. The molecule has 0 fully saturated rings. The lowest BCUT2D eigenvalue weighted by atomic mass is 10.2. The Hall–Kier alpha value is -1.75. The lowest BCUT2D eigenvalue weighted by Crippen LogP contribution is -2.16. The Bertz CT molecular complexity index is 492. The summed E-state index contributed by atoms with van der Waals surface area (Å²) in [5.74, 6) is 1.23. The van der Waals surface area contributed by atoms with Crippen LogP contribution in [0.3, 0.4) is 0 Å². The minimum atomic E-state index is 0.545. The largest absolute Gasteiger partial charge is 0.421 e. The summed E-state index contributed by atoms with van der Waals surface area (Å²) in [5, 5.41) is 11.5. The van der Waals surface area contributed by atoms with Crippen LogP contribution in [0.5, 0.6) is 0 Å². The maximum Gasteiger partial charge on any atom is 0.249 e. The van der Waals surface area contributed by atoms with Gasteiger partial charge in [-0.3, -0.25) is 4.98 Å². The zero-order valence-corrected chi connectivity index (χ0v) is 11.5. The van der Waals surface area contributed by atoms with Crippen LogP contribution in [0, 0.1) is 6.92 Å². The Labute approximate surface area is 113 Å². The van der Waals surface area contributed by atoms with Gasteiger partial charge in [0.15, 0.2) is 0 Å². The average molecular weight is 260 g/mol. The molecule has 0 aromatic carbocycles. The van der Waals surface area contributed by atoms with Crippen molar-refractivity contribution in [3.05, 3.63) is 29.9 Å². The molecule has 0 aliphatic rings. The van der Waals surface area contributed by atoms with Crippen molar-refractivity contribution in [2.24, 2.45) is 0 Å². The molecule has 2 aromatic heterocycles. The van der Waals surface area contributed by atoms with E-state index < -0.39 is 0 Å². The van der Waals surface area contributed by atoms with Crippen molar-refractivity contribution >= 4 is 0 Å². The van der Waals surface area contributed by atoms with E-state index in [0.29, 0.717) is 11.8 Å². The molecule has 5 heteroatoms. The maximum absolute atomic E-state index is 5.63. The molecule has 0 radical (unpaired) electrons. The standard InChI is InChI=1S/C14H20N4O/c1-3-8-15-9-4-5-13-17-18-14(19-13)12-7-6-11(2)16-10-12/h6-7,10,15H,3-5,8-9H2,1-2H3. The summed E-state index contributed by atoms with van der Waals surface area (Å²) in [5.41, 5.74) is 1.85. The second kappa shape index (κ2) is 6.99. The van der Waals surface area contributed by atoms with Gasteiger partial charge in [-0.25, -0.2) is 0 Å². The average Bonchev–Trinajstić information content (AvgIpc) is 2.88. The monoisotopic (exact) mass is 260 g/mol. The zero-order chi connectivity index (χ0) is 13.5. The van der Waals surface area contributed by atoms with E-state index in [0.717, 1.165) is 43.6 Å². The minimum absolute atomic E-state index is 0.545. The van der Waals surface area contributed by atoms with Crippen LogP contribution in [-0.2, 0) is 6.42 Å². The van der Waals surface area contributed by atoms with E-state index in [1.165, 1.54) is 0 Å². The molecular formula is C14H20N4O. The van der Waals surface area contributed by atoms with Gasteiger partial charge >= 0.3 is 0 Å². The smallest absolute Gasteiger partial charge is 0.249 e. The molecule has 0 aliphatic carbocycles. The molecule has 0 unspecified atom stereocenters. The highest BCUT2D eigenvalue weighted by atomic mass is 16.4. The summed E-state index contributed by atoms with van der Waals surface area (Å²) >= 11 is 0. The predicted octanol–water partition coefficient (Wildman–Crippen LogP) is 2.37. The van der Waals surface area contributed by atoms with Crippen LogP contribution >= 0.6 is 0 Å². The third kappa shape index (κ3) is 4.13. The quantitative estimate of drug-likeness (QED) is 0.774. The van der Waals surface area contributed by atoms with Crippen LogP contribution in [0.1, 0.15) is 31.4 Å². The Morgan fingerprint density at radius 2 is 2.11 bits per heavy atom. The maximum atomic E-state index is 5.63. The van der Waals surface area contributed by atoms with Gasteiger partial charge in [0.25, 0.3) is 0 Å². The van der Waals surface area contributed by atoms with Gasteiger partial charge in [0.1, 0.15) is 0 Å². The fraction of sp³-hybridized carbons (Fsp3) is 0.500. The SMILES string of the molecule is CCCNCCCc1nnc(-c2ccc(C)nc2)o1. The van der Waals surface area contributed by atoms with Crippen molar-refractivity contribution in [2.75, 3.05) is 13.1 Å². The van der Waals surface area contributed by atoms with E-state index in [1.54, 1.807) is 6.20 Å². The van der Waals surface area contributed by atoms with Crippen LogP contribution in [0.25, 0.3) is 11.5 Å². The predicted molar refractivity (Wildman–Crippen MR) is 73.7 cm³/mol. The Morgan fingerprint density at radius 3 is 2.84 bits per heavy atom. The number of aromatic nitrogens is 3. The molecule has 0 saturated carbocycles. The van der Waals surface area contributed by atoms with Gasteiger partial charge in [-0.1, -0.05) is 6.92 Å². The Kier molecular flexibility index (Phi) is 5.03. The van der Waals surface area contributed by atoms with E-state index in [4.69, 9.17) is 4.42 Å². The number of hydrogen-bond acceptors (Lipinski definition) is 5. The lowest BCUT2D eigenvalue weighted by Gasteiger charge is -1.99. The Balaban J connectivity index is 1.86. The van der Waals surface area contributed by atoms with Gasteiger partial charge in [0, 0.05) is 18.3 Å². The third-order valence-electron chi connectivity index (χ3n) is 2.80. The normalized spacial score (nSPS) is 10.8. The molecule has 0 atom stereocenters. The van der Waals surface area contributed by atoms with E-state index in [1.807, 2.05) is 19.1 Å². The highest BCUT2D eigenvalue weighted by Crippen LogP contribution is 2.17. The van der Waals surface area contributed by atoms with E-state index in [-0.39, 0.29) is 0 Å². The summed E-state index contributed by atoms with van der Waals surface area (Å²) in [6.07, 6.45) is 4.73. The van der Waals surface area contributed by atoms with Crippen molar-refractivity contribution in [3.63, 3.8) is 0 Å². The second-order valence-corrected chi connectivity index (χ2v) is 4.54. The second-order valence-electron chi connectivity index (χ2n) is 4.54. The number of aryl methyl sites for hydroxylation is 2. The first-order valence-corrected chi connectivity index (χ1v) is 6.75. The van der Waals surface area contributed by atoms with Crippen molar-refractivity contribution in [1.82, 2.24) is 20.5 Å². The van der Waals surface area contributed by atoms with Crippen molar-refractivity contribution in [1.29, 1.82) is 0 Å². The van der Waals surface area contributed by atoms with Crippen molar-refractivity contribution in [2.45, 2.75) is 33.1 Å². The van der Waals surface area contributed by atoms with Crippen LogP contribution in [0.15, 0.2) is 22.7 Å². The number of rotatable bonds is 7. The molecule has 19 heavy (non-hydrogen) atoms. The van der Waals surface area contributed by atoms with Crippen LogP contribution in [-0.4, -0.2) is 28.3 Å². The molecule has 0 aliphatic heterocycles. The van der Waals surface area contributed by atoms with Crippen LogP contribution < -0.4 is 5.32 Å². The molecule has 0 bridgehead atoms. The molecule has 0 amide bonds. The van der Waals surface area contributed by atoms with Gasteiger partial charge in [0.05, 0.1) is 5.56 Å². The first-order chi connectivity index (χ1) is 9.29. The van der Waals surface area contributed by atoms with Gasteiger partial charge < -0.3 is 9.73 Å². The van der Waals surface area contributed by atoms with Gasteiger partial charge in [0.2, 0.25) is 11.8 Å². The number of nitrogens with one attached hydrogen (secondary N) is 1. The number of pyridine rings is 1. The molecule has 0 spiro atoms. The molecule has 5 nitrogen and oxygen atoms in total. The topological polar surface area (TPSA) is 63.8 Å². The molecule has 1 N–H and O–H groups in total. The number of hydrogen-bond donors (Lipinski definition) is 1. The van der Waals surface area contributed by atoms with Gasteiger partial charge in [-0.05, 0) is 45.0 Å². The molecule has 2 rings (SSSR count). The summed E-state index contributed by atoms with van der Waals surface area (Å²) in [6.45, 7) is 6.15. The molecule has 0 saturated heterocycles. The molecule has 2 aromatic rings. The lowest BCUT2D eigenvalue weighted by molar-refractivity contribution is 0.491. The fourth-order valence-electron chi connectivity index (χ4n) is 1.73. The molecular weight excluding hydrogens is 240 g/mol. The highest BCUT2D eigenvalue weighted by molar-refractivity contribution is 5.50. The fourth-order valence-corrected chi connectivity index (χ4v) is 1.73. The molecule has 102 valence electrons. The summed E-state index contributed by atoms with van der Waals surface area (Å²) in [7, 11) is 0. The first kappa shape index (κ1) is 13.7. The van der Waals surface area contributed by atoms with Crippen molar-refractivity contribution < 1.29 is 4.42 Å². The van der Waals surface area contributed by atoms with Gasteiger partial charge in [-0.15, -0.1) is 10.2 Å². The Morgan fingerprint density at radius 1 is 1.21 bits per heavy atom. The van der Waals surface area contributed by atoms with E-state index in [2.05, 4.69) is 27.4 Å². The van der Waals surface area contributed by atoms with Crippen LogP contribution in [0.2, 0.25) is 0 Å². The highest BCUT2D eigenvalue weighted by Gasteiger charge is 2.08. The van der Waals surface area contributed by atoms with Crippen molar-refractivity contribution in [3.8, 4) is 11.5 Å². The van der Waals surface area contributed by atoms with E-state index >= 15 is 0 Å². The first-order valence-electron chi connectivity index (χ1n) is 6.75. The van der Waals surface area contributed by atoms with E-state index in [9.17, 15) is 0 Å².